The minimum Gasteiger partial charge on any atom is -0.390 e. The fraction of sp³-hybridized carbons (Fsp3) is 0.450. The summed E-state index contributed by atoms with van der Waals surface area (Å²) in [5, 5.41) is 20.1. The van der Waals surface area contributed by atoms with E-state index >= 15 is 0 Å². The van der Waals surface area contributed by atoms with Gasteiger partial charge in [0.25, 0.3) is 5.91 Å². The summed E-state index contributed by atoms with van der Waals surface area (Å²) in [7, 11) is -3.74. The summed E-state index contributed by atoms with van der Waals surface area (Å²) in [6.45, 7) is 1.81. The van der Waals surface area contributed by atoms with Crippen LogP contribution in [0.3, 0.4) is 0 Å². The molecule has 154 valence electrons. The first-order valence-corrected chi connectivity index (χ1v) is 11.5. The van der Waals surface area contributed by atoms with E-state index in [1.165, 1.54) is 30.6 Å². The molecule has 2 N–H and O–H groups in total. The number of halogens is 1. The van der Waals surface area contributed by atoms with Crippen molar-refractivity contribution in [3.05, 3.63) is 47.2 Å². The Morgan fingerprint density at radius 1 is 1.21 bits per heavy atom. The number of carbonyl (C=O) groups excluding carboxylic acids is 1. The molecule has 4 rings (SSSR count). The van der Waals surface area contributed by atoms with Crippen molar-refractivity contribution in [3.8, 4) is 0 Å². The Bertz CT molecular complexity index is 1030. The molecule has 1 unspecified atom stereocenters. The number of hydrogen-bond acceptors (Lipinski definition) is 6. The molecule has 0 radical (unpaired) electrons. The van der Waals surface area contributed by atoms with Crippen molar-refractivity contribution < 1.29 is 18.3 Å². The lowest BCUT2D eigenvalue weighted by molar-refractivity contribution is -0.0413. The van der Waals surface area contributed by atoms with E-state index in [0.717, 1.165) is 12.8 Å². The average molecular weight is 436 g/mol. The highest BCUT2D eigenvalue weighted by molar-refractivity contribution is 7.92. The highest BCUT2D eigenvalue weighted by Gasteiger charge is 2.53. The molecule has 1 heterocycles. The summed E-state index contributed by atoms with van der Waals surface area (Å²) < 4.78 is 26.7. The number of hydrogen-bond donors (Lipinski definition) is 2. The number of aliphatic hydroxyl groups is 1. The fourth-order valence-corrected chi connectivity index (χ4v) is 7.03. The Morgan fingerprint density at radius 3 is 2.52 bits per heavy atom. The molecule has 1 aromatic carbocycles. The summed E-state index contributed by atoms with van der Waals surface area (Å²) in [4.78, 5) is 12.5. The molecular weight excluding hydrogens is 414 g/mol. The van der Waals surface area contributed by atoms with E-state index in [-0.39, 0.29) is 27.3 Å². The Kier molecular flexibility index (Phi) is 5.13. The first kappa shape index (κ1) is 20.3. The zero-order valence-electron chi connectivity index (χ0n) is 15.9. The number of nitrogens with one attached hydrogen (secondary N) is 1. The SMILES string of the molecule is C[C@@]1(O)C2CC[C@H]1C[C@H](S(=O)(=O)c1cc(C(=O)Nc3ccnnc3)ccc1Cl)C2. The number of sulfone groups is 1. The van der Waals surface area contributed by atoms with Crippen LogP contribution in [-0.2, 0) is 9.84 Å². The third-order valence-corrected chi connectivity index (χ3v) is 9.05. The average Bonchev–Trinajstić information content (AvgIpc) is 2.86. The molecule has 2 aliphatic carbocycles. The number of fused-ring (bicyclic) bond motifs is 2. The van der Waals surface area contributed by atoms with Crippen LogP contribution in [0.4, 0.5) is 5.69 Å². The van der Waals surface area contributed by atoms with Gasteiger partial charge in [-0.2, -0.15) is 10.2 Å². The Morgan fingerprint density at radius 2 is 1.90 bits per heavy atom. The predicted molar refractivity (Wildman–Crippen MR) is 108 cm³/mol. The van der Waals surface area contributed by atoms with Crippen molar-refractivity contribution in [2.75, 3.05) is 5.32 Å². The second-order valence-corrected chi connectivity index (χ2v) is 10.7. The van der Waals surface area contributed by atoms with Crippen LogP contribution in [-0.4, -0.2) is 40.5 Å². The van der Waals surface area contributed by atoms with E-state index in [0.29, 0.717) is 18.5 Å². The fourth-order valence-electron chi connectivity index (χ4n) is 4.63. The van der Waals surface area contributed by atoms with E-state index in [1.54, 1.807) is 6.07 Å². The van der Waals surface area contributed by atoms with E-state index in [2.05, 4.69) is 15.5 Å². The lowest BCUT2D eigenvalue weighted by atomic mass is 9.76. The predicted octanol–water partition coefficient (Wildman–Crippen LogP) is 3.10. The van der Waals surface area contributed by atoms with Crippen molar-refractivity contribution in [3.63, 3.8) is 0 Å². The van der Waals surface area contributed by atoms with Crippen molar-refractivity contribution >= 4 is 33.0 Å². The Labute approximate surface area is 174 Å². The summed E-state index contributed by atoms with van der Waals surface area (Å²) >= 11 is 6.23. The van der Waals surface area contributed by atoms with Crippen molar-refractivity contribution in [1.29, 1.82) is 0 Å². The van der Waals surface area contributed by atoms with Crippen LogP contribution in [0.15, 0.2) is 41.6 Å². The van der Waals surface area contributed by atoms with Gasteiger partial charge >= 0.3 is 0 Å². The highest BCUT2D eigenvalue weighted by atomic mass is 35.5. The number of rotatable bonds is 4. The van der Waals surface area contributed by atoms with Gasteiger partial charge in [-0.25, -0.2) is 8.42 Å². The van der Waals surface area contributed by atoms with Gasteiger partial charge in [-0.05, 0) is 68.7 Å². The van der Waals surface area contributed by atoms with E-state index < -0.39 is 26.6 Å². The third-order valence-electron chi connectivity index (χ3n) is 6.39. The molecule has 0 aliphatic heterocycles. The van der Waals surface area contributed by atoms with Crippen molar-refractivity contribution in [2.24, 2.45) is 11.8 Å². The molecule has 0 spiro atoms. The number of aromatic nitrogens is 2. The molecule has 9 heteroatoms. The molecule has 2 saturated carbocycles. The minimum absolute atomic E-state index is 0.0365. The molecule has 2 bridgehead atoms. The summed E-state index contributed by atoms with van der Waals surface area (Å²) in [5.74, 6) is -0.534. The number of benzene rings is 1. The van der Waals surface area contributed by atoms with Crippen LogP contribution in [0.1, 0.15) is 43.0 Å². The molecule has 7 nitrogen and oxygen atoms in total. The van der Waals surface area contributed by atoms with Crippen LogP contribution in [0.5, 0.6) is 0 Å². The second kappa shape index (κ2) is 7.34. The summed E-state index contributed by atoms with van der Waals surface area (Å²) in [5.41, 5.74) is -0.165. The lowest BCUT2D eigenvalue weighted by Crippen LogP contribution is -2.45. The number of amides is 1. The van der Waals surface area contributed by atoms with Gasteiger partial charge in [0.05, 0.1) is 38.9 Å². The van der Waals surface area contributed by atoms with Crippen LogP contribution in [0, 0.1) is 11.8 Å². The van der Waals surface area contributed by atoms with Gasteiger partial charge in [-0.1, -0.05) is 11.6 Å². The van der Waals surface area contributed by atoms with E-state index in [9.17, 15) is 18.3 Å². The van der Waals surface area contributed by atoms with Crippen LogP contribution < -0.4 is 5.32 Å². The van der Waals surface area contributed by atoms with Gasteiger partial charge < -0.3 is 10.4 Å². The molecule has 2 fully saturated rings. The first-order chi connectivity index (χ1) is 13.7. The maximum absolute atomic E-state index is 13.4. The topological polar surface area (TPSA) is 109 Å². The van der Waals surface area contributed by atoms with Crippen LogP contribution in [0.2, 0.25) is 5.02 Å². The van der Waals surface area contributed by atoms with Gasteiger partial charge in [-0.15, -0.1) is 0 Å². The molecule has 2 aromatic rings. The van der Waals surface area contributed by atoms with Gasteiger partial charge in [0.15, 0.2) is 9.84 Å². The standard InChI is InChI=1S/C20H22ClN3O4S/c1-20(26)13-3-4-14(20)10-16(9-13)29(27,28)18-8-12(2-5-17(18)21)19(25)24-15-6-7-22-23-11-15/h2,5-8,11,13-14,16,26H,3-4,9-10H2,1H3,(H,22,24,25)/t13-,14?,16-,20-/m0/s1. The molecule has 0 saturated heterocycles. The molecule has 4 atom stereocenters. The van der Waals surface area contributed by atoms with Gasteiger partial charge in [0.2, 0.25) is 0 Å². The third kappa shape index (κ3) is 3.65. The van der Waals surface area contributed by atoms with Gasteiger partial charge in [0.1, 0.15) is 0 Å². The van der Waals surface area contributed by atoms with E-state index in [1.807, 2.05) is 6.92 Å². The summed E-state index contributed by atoms with van der Waals surface area (Å²) in [6.07, 6.45) is 5.32. The molecule has 2 aliphatic rings. The largest absolute Gasteiger partial charge is 0.390 e. The van der Waals surface area contributed by atoms with Crippen LogP contribution in [0.25, 0.3) is 0 Å². The normalized spacial score (nSPS) is 28.9. The summed E-state index contributed by atoms with van der Waals surface area (Å²) in [6, 6.07) is 5.83. The van der Waals surface area contributed by atoms with Crippen LogP contribution >= 0.6 is 11.6 Å². The van der Waals surface area contributed by atoms with E-state index in [4.69, 9.17) is 11.6 Å². The molecule has 1 amide bonds. The first-order valence-electron chi connectivity index (χ1n) is 9.53. The number of nitrogens with zero attached hydrogens (tertiary/aromatic N) is 2. The number of anilines is 1. The zero-order valence-corrected chi connectivity index (χ0v) is 17.4. The van der Waals surface area contributed by atoms with Gasteiger partial charge in [-0.3, -0.25) is 4.79 Å². The zero-order chi connectivity index (χ0) is 20.8. The van der Waals surface area contributed by atoms with Gasteiger partial charge in [0, 0.05) is 5.56 Å². The molecule has 29 heavy (non-hydrogen) atoms. The smallest absolute Gasteiger partial charge is 0.255 e. The molecular formula is C20H22ClN3O4S. The van der Waals surface area contributed by atoms with Crippen molar-refractivity contribution in [1.82, 2.24) is 10.2 Å². The Hall–Kier alpha value is -2.03. The monoisotopic (exact) mass is 435 g/mol. The quantitative estimate of drug-likeness (QED) is 0.763. The number of carbonyl (C=O) groups is 1. The maximum Gasteiger partial charge on any atom is 0.255 e. The molecule has 1 aromatic heterocycles. The van der Waals surface area contributed by atoms with Crippen molar-refractivity contribution in [2.45, 2.75) is 48.4 Å². The minimum atomic E-state index is -3.74. The highest BCUT2D eigenvalue weighted by Crippen LogP contribution is 2.51. The lowest BCUT2D eigenvalue weighted by Gasteiger charge is -2.40. The Balaban J connectivity index is 1.61. The second-order valence-electron chi connectivity index (χ2n) is 8.07. The maximum atomic E-state index is 13.4.